The highest BCUT2D eigenvalue weighted by atomic mass is 35.5. The first kappa shape index (κ1) is 11.0. The zero-order valence-electron chi connectivity index (χ0n) is 9.77. The largest absolute Gasteiger partial charge is 0.256 e. The monoisotopic (exact) mass is 245 g/mol. The fraction of sp³-hybridized carbons (Fsp3) is 0.400. The van der Waals surface area contributed by atoms with Crippen molar-refractivity contribution in [3.63, 3.8) is 0 Å². The van der Waals surface area contributed by atoms with Crippen LogP contribution < -0.4 is 0 Å². The zero-order chi connectivity index (χ0) is 11.7. The van der Waals surface area contributed by atoms with Crippen molar-refractivity contribution < 1.29 is 0 Å². The molecule has 1 nitrogen and oxygen atoms in total. The van der Waals surface area contributed by atoms with Gasteiger partial charge < -0.3 is 0 Å². The minimum Gasteiger partial charge on any atom is -0.256 e. The smallest absolute Gasteiger partial charge is 0.0704 e. The Morgan fingerprint density at radius 3 is 3.06 bits per heavy atom. The molecule has 1 aromatic heterocycles. The van der Waals surface area contributed by atoms with Gasteiger partial charge >= 0.3 is 0 Å². The van der Waals surface area contributed by atoms with Crippen LogP contribution in [0, 0.1) is 5.92 Å². The van der Waals surface area contributed by atoms with E-state index in [0.29, 0.717) is 11.8 Å². The van der Waals surface area contributed by atoms with Gasteiger partial charge in [0.15, 0.2) is 0 Å². The Morgan fingerprint density at radius 1 is 1.24 bits per heavy atom. The summed E-state index contributed by atoms with van der Waals surface area (Å²) < 4.78 is 0. The zero-order valence-corrected chi connectivity index (χ0v) is 10.5. The van der Waals surface area contributed by atoms with Gasteiger partial charge in [0.1, 0.15) is 0 Å². The van der Waals surface area contributed by atoms with Crippen molar-refractivity contribution in [2.24, 2.45) is 5.92 Å². The van der Waals surface area contributed by atoms with Crippen molar-refractivity contribution in [2.45, 2.75) is 25.2 Å². The van der Waals surface area contributed by atoms with Crippen LogP contribution in [0.15, 0.2) is 36.5 Å². The van der Waals surface area contributed by atoms with E-state index in [9.17, 15) is 0 Å². The van der Waals surface area contributed by atoms with Crippen molar-refractivity contribution >= 4 is 22.5 Å². The van der Waals surface area contributed by atoms with Gasteiger partial charge in [-0.3, -0.25) is 4.98 Å². The van der Waals surface area contributed by atoms with E-state index >= 15 is 0 Å². The van der Waals surface area contributed by atoms with Crippen molar-refractivity contribution in [2.75, 3.05) is 5.88 Å². The molecule has 2 aromatic rings. The lowest BCUT2D eigenvalue weighted by Crippen LogP contribution is -2.07. The normalized spacial score (nSPS) is 24.3. The molecular weight excluding hydrogens is 230 g/mol. The molecule has 1 saturated carbocycles. The lowest BCUT2D eigenvalue weighted by Gasteiger charge is -2.17. The minimum absolute atomic E-state index is 0.638. The van der Waals surface area contributed by atoms with Crippen LogP contribution in [0.5, 0.6) is 0 Å². The predicted octanol–water partition coefficient (Wildman–Crippen LogP) is 4.36. The topological polar surface area (TPSA) is 12.9 Å². The quantitative estimate of drug-likeness (QED) is 0.717. The van der Waals surface area contributed by atoms with Gasteiger partial charge in [-0.15, -0.1) is 11.6 Å². The average molecular weight is 246 g/mol. The van der Waals surface area contributed by atoms with Gasteiger partial charge in [0.25, 0.3) is 0 Å². The van der Waals surface area contributed by atoms with Crippen molar-refractivity contribution in [3.05, 3.63) is 42.1 Å². The maximum atomic E-state index is 6.06. The molecule has 1 aliphatic carbocycles. The molecule has 0 amide bonds. The summed E-state index contributed by atoms with van der Waals surface area (Å²) in [6.07, 6.45) is 5.71. The molecule has 3 rings (SSSR count). The Balaban J connectivity index is 2.00. The summed E-state index contributed by atoms with van der Waals surface area (Å²) in [5.41, 5.74) is 2.52. The van der Waals surface area contributed by atoms with Crippen LogP contribution in [-0.2, 0) is 0 Å². The molecule has 1 fully saturated rings. The highest BCUT2D eigenvalue weighted by Crippen LogP contribution is 2.40. The maximum absolute atomic E-state index is 6.06. The third kappa shape index (κ3) is 2.04. The number of rotatable bonds is 2. The summed E-state index contributed by atoms with van der Waals surface area (Å²) in [4.78, 5) is 4.43. The van der Waals surface area contributed by atoms with Gasteiger partial charge in [0, 0.05) is 17.5 Å². The molecule has 2 atom stereocenters. The molecule has 1 aliphatic rings. The molecule has 0 radical (unpaired) electrons. The van der Waals surface area contributed by atoms with Gasteiger partial charge in [-0.05, 0) is 42.4 Å². The molecule has 2 heteroatoms. The van der Waals surface area contributed by atoms with Gasteiger partial charge in [0.05, 0.1) is 5.52 Å². The van der Waals surface area contributed by atoms with Gasteiger partial charge in [0.2, 0.25) is 0 Å². The van der Waals surface area contributed by atoms with E-state index in [-0.39, 0.29) is 0 Å². The number of hydrogen-bond acceptors (Lipinski definition) is 1. The van der Waals surface area contributed by atoms with Gasteiger partial charge in [-0.2, -0.15) is 0 Å². The summed E-state index contributed by atoms with van der Waals surface area (Å²) in [5, 5.41) is 1.22. The number of hydrogen-bond donors (Lipinski definition) is 0. The number of fused-ring (bicyclic) bond motifs is 1. The SMILES string of the molecule is ClCC1CCCC1c1ccc2cccnc2c1. The summed E-state index contributed by atoms with van der Waals surface area (Å²) in [6.45, 7) is 0. The fourth-order valence-electron chi connectivity index (χ4n) is 2.97. The second-order valence-electron chi connectivity index (χ2n) is 4.91. The molecular formula is C15H16ClN. The van der Waals surface area contributed by atoms with Gasteiger partial charge in [-0.25, -0.2) is 0 Å². The number of nitrogens with zero attached hydrogens (tertiary/aromatic N) is 1. The van der Waals surface area contributed by atoms with Crippen LogP contribution in [-0.4, -0.2) is 10.9 Å². The first-order valence-corrected chi connectivity index (χ1v) is 6.82. The molecule has 0 saturated heterocycles. The highest BCUT2D eigenvalue weighted by Gasteiger charge is 2.27. The fourth-order valence-corrected chi connectivity index (χ4v) is 3.34. The molecule has 17 heavy (non-hydrogen) atoms. The molecule has 0 spiro atoms. The Kier molecular flexibility index (Phi) is 3.02. The summed E-state index contributed by atoms with van der Waals surface area (Å²) in [5.74, 6) is 2.07. The maximum Gasteiger partial charge on any atom is 0.0704 e. The molecule has 1 heterocycles. The lowest BCUT2D eigenvalue weighted by molar-refractivity contribution is 0.539. The Hall–Kier alpha value is -1.08. The number of pyridine rings is 1. The van der Waals surface area contributed by atoms with Crippen LogP contribution in [0.25, 0.3) is 10.9 Å². The van der Waals surface area contributed by atoms with Crippen LogP contribution >= 0.6 is 11.6 Å². The van der Waals surface area contributed by atoms with Gasteiger partial charge in [-0.1, -0.05) is 24.6 Å². The van der Waals surface area contributed by atoms with E-state index in [2.05, 4.69) is 29.2 Å². The highest BCUT2D eigenvalue weighted by molar-refractivity contribution is 6.18. The molecule has 2 unspecified atom stereocenters. The first-order chi connectivity index (χ1) is 8.38. The van der Waals surface area contributed by atoms with Crippen molar-refractivity contribution in [3.8, 4) is 0 Å². The third-order valence-electron chi connectivity index (χ3n) is 3.92. The molecule has 0 N–H and O–H groups in total. The second kappa shape index (κ2) is 4.66. The van der Waals surface area contributed by atoms with Crippen molar-refractivity contribution in [1.29, 1.82) is 0 Å². The average Bonchev–Trinajstić information content (AvgIpc) is 2.86. The second-order valence-corrected chi connectivity index (χ2v) is 5.22. The lowest BCUT2D eigenvalue weighted by atomic mass is 9.89. The molecule has 88 valence electrons. The van der Waals surface area contributed by atoms with Crippen LogP contribution in [0.2, 0.25) is 0 Å². The predicted molar refractivity (Wildman–Crippen MR) is 72.5 cm³/mol. The Morgan fingerprint density at radius 2 is 2.18 bits per heavy atom. The standard InChI is InChI=1S/C15H16ClN/c16-10-13-3-1-5-14(13)12-7-6-11-4-2-8-17-15(11)9-12/h2,4,6-9,13-14H,1,3,5,10H2. The van der Waals surface area contributed by atoms with Crippen LogP contribution in [0.3, 0.4) is 0 Å². The molecule has 0 bridgehead atoms. The first-order valence-electron chi connectivity index (χ1n) is 6.29. The van der Waals surface area contributed by atoms with Crippen LogP contribution in [0.1, 0.15) is 30.7 Å². The van der Waals surface area contributed by atoms with E-state index in [1.165, 1.54) is 30.2 Å². The number of alkyl halides is 1. The Labute approximate surface area is 107 Å². The summed E-state index contributed by atoms with van der Waals surface area (Å²) in [6, 6.07) is 10.8. The summed E-state index contributed by atoms with van der Waals surface area (Å²) >= 11 is 6.06. The van der Waals surface area contributed by atoms with Crippen LogP contribution in [0.4, 0.5) is 0 Å². The van der Waals surface area contributed by atoms with E-state index in [1.54, 1.807) is 0 Å². The van der Waals surface area contributed by atoms with E-state index < -0.39 is 0 Å². The summed E-state index contributed by atoms with van der Waals surface area (Å²) in [7, 11) is 0. The molecule has 1 aromatic carbocycles. The third-order valence-corrected chi connectivity index (χ3v) is 4.31. The van der Waals surface area contributed by atoms with E-state index in [0.717, 1.165) is 11.4 Å². The van der Waals surface area contributed by atoms with E-state index in [4.69, 9.17) is 11.6 Å². The number of halogens is 1. The molecule has 0 aliphatic heterocycles. The van der Waals surface area contributed by atoms with E-state index in [1.807, 2.05) is 12.3 Å². The number of aromatic nitrogens is 1. The minimum atomic E-state index is 0.638. The van der Waals surface area contributed by atoms with Crippen molar-refractivity contribution in [1.82, 2.24) is 4.98 Å². The Bertz CT molecular complexity index is 523. The number of benzene rings is 1.